The molecule has 1 amide bonds. The summed E-state index contributed by atoms with van der Waals surface area (Å²) >= 11 is 0. The molecule has 2 aliphatic rings. The highest BCUT2D eigenvalue weighted by Crippen LogP contribution is 2.46. The van der Waals surface area contributed by atoms with E-state index in [1.807, 2.05) is 6.92 Å². The molecule has 0 bridgehead atoms. The van der Waals surface area contributed by atoms with Crippen molar-refractivity contribution in [2.75, 3.05) is 18.0 Å². The Kier molecular flexibility index (Phi) is 16.7. The van der Waals surface area contributed by atoms with Gasteiger partial charge in [-0.2, -0.15) is 5.10 Å². The first-order valence-corrected chi connectivity index (χ1v) is 24.5. The quantitative estimate of drug-likeness (QED) is 0.0959. The molecular weight excluding hydrogens is 767 g/mol. The minimum atomic E-state index is -0.599. The SMILES string of the molecule is CCCCCCCCN1c2cc(C)c(/N=C3/C(C)=Nn4nc(C(C)CNC(=O)C(CCCCCC)Oc5ccc(C(C)(C)CC)cc5C(C)(C)CC)nc43)cc2C(C)CC1(C)C. The molecule has 9 nitrogen and oxygen atoms in total. The summed E-state index contributed by atoms with van der Waals surface area (Å²) in [5.41, 5.74) is 8.88. The number of ether oxygens (including phenoxy) is 1. The predicted octanol–water partition coefficient (Wildman–Crippen LogP) is 13.4. The zero-order chi connectivity index (χ0) is 45.4. The molecule has 3 atom stereocenters. The Labute approximate surface area is 376 Å². The lowest BCUT2D eigenvalue weighted by Gasteiger charge is -2.48. The zero-order valence-electron chi connectivity index (χ0n) is 41.4. The first kappa shape index (κ1) is 49.0. The summed E-state index contributed by atoms with van der Waals surface area (Å²) in [6.07, 6.45) is 15.2. The van der Waals surface area contributed by atoms with E-state index < -0.39 is 6.10 Å². The molecule has 62 heavy (non-hydrogen) atoms. The van der Waals surface area contributed by atoms with Gasteiger partial charge in [0.25, 0.3) is 5.91 Å². The number of hydrogen-bond donors (Lipinski definition) is 1. The van der Waals surface area contributed by atoms with E-state index in [2.05, 4.69) is 131 Å². The van der Waals surface area contributed by atoms with Crippen LogP contribution in [0.1, 0.15) is 226 Å². The van der Waals surface area contributed by atoms with Gasteiger partial charge in [-0.1, -0.05) is 133 Å². The second kappa shape index (κ2) is 21.1. The number of benzene rings is 2. The minimum absolute atomic E-state index is 0.0492. The van der Waals surface area contributed by atoms with Gasteiger partial charge in [-0.3, -0.25) is 4.79 Å². The van der Waals surface area contributed by atoms with Crippen molar-refractivity contribution in [2.45, 2.75) is 221 Å². The number of amides is 1. The number of nitrogens with one attached hydrogen (secondary N) is 1. The van der Waals surface area contributed by atoms with E-state index in [4.69, 9.17) is 24.9 Å². The first-order valence-electron chi connectivity index (χ1n) is 24.5. The fourth-order valence-corrected chi connectivity index (χ4v) is 9.15. The lowest BCUT2D eigenvalue weighted by molar-refractivity contribution is -0.128. The molecule has 0 aliphatic carbocycles. The smallest absolute Gasteiger partial charge is 0.261 e. The van der Waals surface area contributed by atoms with Crippen molar-refractivity contribution in [3.63, 3.8) is 0 Å². The van der Waals surface area contributed by atoms with Crippen molar-refractivity contribution in [2.24, 2.45) is 10.1 Å². The van der Waals surface area contributed by atoms with Crippen LogP contribution in [0.3, 0.4) is 0 Å². The van der Waals surface area contributed by atoms with Crippen molar-refractivity contribution < 1.29 is 9.53 Å². The van der Waals surface area contributed by atoms with Crippen LogP contribution in [0.2, 0.25) is 0 Å². The summed E-state index contributed by atoms with van der Waals surface area (Å²) in [5.74, 6) is 2.27. The lowest BCUT2D eigenvalue weighted by atomic mass is 9.76. The van der Waals surface area contributed by atoms with E-state index >= 15 is 0 Å². The lowest BCUT2D eigenvalue weighted by Crippen LogP contribution is -2.48. The van der Waals surface area contributed by atoms with E-state index in [1.54, 1.807) is 4.79 Å². The predicted molar refractivity (Wildman–Crippen MR) is 261 cm³/mol. The van der Waals surface area contributed by atoms with E-state index in [-0.39, 0.29) is 28.2 Å². The second-order valence-corrected chi connectivity index (χ2v) is 20.7. The number of hydrogen-bond acceptors (Lipinski definition) is 7. The van der Waals surface area contributed by atoms with Crippen molar-refractivity contribution in [1.29, 1.82) is 0 Å². The molecule has 0 saturated carbocycles. The second-order valence-electron chi connectivity index (χ2n) is 20.7. The summed E-state index contributed by atoms with van der Waals surface area (Å²) in [6.45, 7) is 32.9. The highest BCUT2D eigenvalue weighted by Gasteiger charge is 2.37. The Hall–Kier alpha value is -4.01. The largest absolute Gasteiger partial charge is 0.480 e. The third-order valence-corrected chi connectivity index (χ3v) is 14.2. The van der Waals surface area contributed by atoms with Gasteiger partial charge in [-0.15, -0.1) is 9.89 Å². The number of aliphatic imine (C=N–C) groups is 1. The molecule has 0 fully saturated rings. The van der Waals surface area contributed by atoms with Gasteiger partial charge < -0.3 is 15.0 Å². The number of rotatable bonds is 23. The highest BCUT2D eigenvalue weighted by molar-refractivity contribution is 6.48. The van der Waals surface area contributed by atoms with Crippen LogP contribution in [0.25, 0.3) is 0 Å². The third kappa shape index (κ3) is 11.6. The first-order chi connectivity index (χ1) is 29.4. The van der Waals surface area contributed by atoms with E-state index in [9.17, 15) is 4.79 Å². The highest BCUT2D eigenvalue weighted by atomic mass is 16.5. The van der Waals surface area contributed by atoms with Gasteiger partial charge in [0.15, 0.2) is 11.9 Å². The van der Waals surface area contributed by atoms with Gasteiger partial charge in [-0.05, 0) is 118 Å². The van der Waals surface area contributed by atoms with Gasteiger partial charge in [0.1, 0.15) is 11.5 Å². The summed E-state index contributed by atoms with van der Waals surface area (Å²) in [6, 6.07) is 11.3. The number of fused-ring (bicyclic) bond motifs is 2. The summed E-state index contributed by atoms with van der Waals surface area (Å²) < 4.78 is 6.76. The molecule has 2 aliphatic heterocycles. The minimum Gasteiger partial charge on any atom is -0.480 e. The summed E-state index contributed by atoms with van der Waals surface area (Å²) in [4.78, 5) is 28.6. The fraction of sp³-hybridized carbons (Fsp3) is 0.679. The molecule has 342 valence electrons. The van der Waals surface area contributed by atoms with Gasteiger partial charge in [0.2, 0.25) is 5.82 Å². The Morgan fingerprint density at radius 1 is 0.919 bits per heavy atom. The maximum Gasteiger partial charge on any atom is 0.261 e. The number of carbonyl (C=O) groups is 1. The average molecular weight is 850 g/mol. The normalized spacial score (nSPS) is 17.8. The molecule has 5 rings (SSSR count). The Bertz CT molecular complexity index is 2040. The van der Waals surface area contributed by atoms with E-state index in [0.717, 1.165) is 79.9 Å². The van der Waals surface area contributed by atoms with E-state index in [1.165, 1.54) is 60.9 Å². The van der Waals surface area contributed by atoms with Crippen LogP contribution in [0.15, 0.2) is 40.4 Å². The molecule has 1 aromatic heterocycles. The molecular formula is C53H83N7O2. The van der Waals surface area contributed by atoms with Gasteiger partial charge in [0.05, 0.1) is 11.4 Å². The maximum absolute atomic E-state index is 14.1. The molecule has 9 heteroatoms. The van der Waals surface area contributed by atoms with Crippen LogP contribution >= 0.6 is 0 Å². The summed E-state index contributed by atoms with van der Waals surface area (Å²) in [7, 11) is 0. The third-order valence-electron chi connectivity index (χ3n) is 14.2. The van der Waals surface area contributed by atoms with Gasteiger partial charge in [0, 0.05) is 35.8 Å². The zero-order valence-corrected chi connectivity index (χ0v) is 41.4. The maximum atomic E-state index is 14.1. The molecule has 1 N–H and O–H groups in total. The number of aryl methyl sites for hydroxylation is 1. The van der Waals surface area contributed by atoms with E-state index in [0.29, 0.717) is 30.5 Å². The molecule has 2 aromatic carbocycles. The topological polar surface area (TPSA) is 97.0 Å². The molecule has 0 radical (unpaired) electrons. The van der Waals surface area contributed by atoms with Crippen LogP contribution in [-0.4, -0.2) is 56.9 Å². The van der Waals surface area contributed by atoms with Gasteiger partial charge in [-0.25, -0.2) is 9.98 Å². The molecule has 0 saturated heterocycles. The average Bonchev–Trinajstić information content (AvgIpc) is 3.77. The fourth-order valence-electron chi connectivity index (χ4n) is 9.15. The van der Waals surface area contributed by atoms with Crippen molar-refractivity contribution in [3.05, 3.63) is 64.2 Å². The number of anilines is 1. The molecule has 3 unspecified atom stereocenters. The standard InChI is InChI=1S/C53H83N7O2/c1-15-19-21-23-24-26-30-59-44-31-36(5)43(33-41(44)37(6)34-53(59,13)14)55-47-39(8)57-60-49(47)56-48(58-60)38(7)35-54-50(61)46(27-25-22-20-16-2)62-45-29-28-40(51(9,10)17-3)32-42(45)52(11,12)18-4/h28-29,31-33,37-38,46H,15-27,30,34-35H2,1-14H3,(H,54,61)/b55-47-. The molecule has 3 aromatic rings. The number of unbranched alkanes of at least 4 members (excludes halogenated alkanes) is 8. The van der Waals surface area contributed by atoms with Crippen LogP contribution in [-0.2, 0) is 15.6 Å². The molecule has 3 heterocycles. The monoisotopic (exact) mass is 850 g/mol. The van der Waals surface area contributed by atoms with Crippen LogP contribution in [0.5, 0.6) is 5.75 Å². The van der Waals surface area contributed by atoms with Crippen LogP contribution in [0.4, 0.5) is 11.4 Å². The van der Waals surface area contributed by atoms with Crippen molar-refractivity contribution in [1.82, 2.24) is 20.2 Å². The van der Waals surface area contributed by atoms with Crippen LogP contribution in [0, 0.1) is 6.92 Å². The number of aromatic nitrogens is 3. The Balaban J connectivity index is 1.33. The Morgan fingerprint density at radius 2 is 1.58 bits per heavy atom. The van der Waals surface area contributed by atoms with Gasteiger partial charge >= 0.3 is 0 Å². The Morgan fingerprint density at radius 3 is 2.26 bits per heavy atom. The van der Waals surface area contributed by atoms with Crippen molar-refractivity contribution in [3.8, 4) is 5.75 Å². The van der Waals surface area contributed by atoms with Crippen LogP contribution < -0.4 is 15.0 Å². The number of nitrogens with zero attached hydrogens (tertiary/aromatic N) is 6. The van der Waals surface area contributed by atoms with Crippen molar-refractivity contribution >= 4 is 28.7 Å². The molecule has 0 spiro atoms. The number of carbonyl (C=O) groups excluding carboxylic acids is 1. The summed E-state index contributed by atoms with van der Waals surface area (Å²) in [5, 5.41) is 12.8.